The third kappa shape index (κ3) is 5.47. The number of aromatic nitrogens is 4. The van der Waals surface area contributed by atoms with Crippen LogP contribution in [-0.4, -0.2) is 43.2 Å². The Labute approximate surface area is 266 Å². The van der Waals surface area contributed by atoms with Crippen LogP contribution in [0.1, 0.15) is 88.2 Å². The highest BCUT2D eigenvalue weighted by Gasteiger charge is 2.57. The summed E-state index contributed by atoms with van der Waals surface area (Å²) >= 11 is 8.27. The highest BCUT2D eigenvalue weighted by Crippen LogP contribution is 2.61. The maximum Gasteiger partial charge on any atom is 0.268 e. The van der Waals surface area contributed by atoms with Crippen molar-refractivity contribution in [1.29, 1.82) is 0 Å². The molecule has 4 aromatic rings. The van der Waals surface area contributed by atoms with Gasteiger partial charge in [0.2, 0.25) is 0 Å². The second kappa shape index (κ2) is 11.3. The summed E-state index contributed by atoms with van der Waals surface area (Å²) in [6.45, 7) is 14.2. The number of nitrogens with zero attached hydrogens (tertiary/aromatic N) is 2. The summed E-state index contributed by atoms with van der Waals surface area (Å²) in [7, 11) is 0. The highest BCUT2D eigenvalue weighted by atomic mass is 35.5. The minimum atomic E-state index is -0.477. The first-order valence-corrected chi connectivity index (χ1v) is 17.5. The van der Waals surface area contributed by atoms with Gasteiger partial charge in [0.15, 0.2) is 0 Å². The molecule has 1 amide bonds. The van der Waals surface area contributed by atoms with Gasteiger partial charge in [-0.05, 0) is 95.8 Å². The van der Waals surface area contributed by atoms with Crippen LogP contribution < -0.4 is 11.1 Å². The number of halogens is 1. The summed E-state index contributed by atoms with van der Waals surface area (Å²) < 4.78 is 2.00. The second-order valence-electron chi connectivity index (χ2n) is 14.4. The minimum Gasteiger partial charge on any atom is -0.348 e. The van der Waals surface area contributed by atoms with Gasteiger partial charge in [-0.15, -0.1) is 22.7 Å². The van der Waals surface area contributed by atoms with Crippen molar-refractivity contribution < 1.29 is 9.59 Å². The van der Waals surface area contributed by atoms with E-state index in [9.17, 15) is 9.59 Å². The lowest BCUT2D eigenvalue weighted by molar-refractivity contribution is -0.113. The molecule has 8 nitrogen and oxygen atoms in total. The average molecular weight is 643 g/mol. The van der Waals surface area contributed by atoms with Gasteiger partial charge in [-0.2, -0.15) is 0 Å². The van der Waals surface area contributed by atoms with E-state index >= 15 is 0 Å². The predicted molar refractivity (Wildman–Crippen MR) is 176 cm³/mol. The summed E-state index contributed by atoms with van der Waals surface area (Å²) in [5.74, 6) is 4.68. The zero-order valence-electron chi connectivity index (χ0n) is 25.7. The molecule has 4 aromatic heterocycles. The summed E-state index contributed by atoms with van der Waals surface area (Å²) in [6, 6.07) is 4.40. The van der Waals surface area contributed by atoms with Crippen LogP contribution in [0.4, 0.5) is 0 Å². The third-order valence-electron chi connectivity index (χ3n) is 11.8. The number of carbonyl (C=O) groups is 2. The number of nitrogens with two attached hydrogens (primary N) is 1. The topological polar surface area (TPSA) is 130 Å². The van der Waals surface area contributed by atoms with Crippen molar-refractivity contribution in [3.05, 3.63) is 34.5 Å². The molecule has 11 heteroatoms. The van der Waals surface area contributed by atoms with Gasteiger partial charge in [0.1, 0.15) is 22.7 Å². The van der Waals surface area contributed by atoms with Gasteiger partial charge < -0.3 is 21.0 Å². The van der Waals surface area contributed by atoms with E-state index in [0.29, 0.717) is 40.2 Å². The van der Waals surface area contributed by atoms with E-state index in [1.165, 1.54) is 30.6 Å². The molecule has 4 bridgehead atoms. The van der Waals surface area contributed by atoms with Gasteiger partial charge in [-0.1, -0.05) is 41.5 Å². The van der Waals surface area contributed by atoms with Crippen molar-refractivity contribution in [1.82, 2.24) is 25.3 Å². The van der Waals surface area contributed by atoms with Crippen LogP contribution in [-0.2, 0) is 0 Å². The Morgan fingerprint density at radius 2 is 1.37 bits per heavy atom. The Hall–Kier alpha value is -2.27. The van der Waals surface area contributed by atoms with Crippen molar-refractivity contribution in [3.8, 4) is 0 Å². The lowest BCUT2D eigenvalue weighted by Gasteiger charge is -2.62. The van der Waals surface area contributed by atoms with Crippen LogP contribution in [0.25, 0.3) is 20.7 Å². The first-order valence-electron chi connectivity index (χ1n) is 15.4. The fraction of sp³-hybridized carbons (Fsp3) is 0.625. The second-order valence-corrected chi connectivity index (χ2v) is 16.5. The molecule has 0 radical (unpaired) electrons. The lowest BCUT2D eigenvalue weighted by Crippen LogP contribution is -2.60. The van der Waals surface area contributed by atoms with Crippen molar-refractivity contribution >= 4 is 66.1 Å². The molecule has 0 saturated heterocycles. The zero-order chi connectivity index (χ0) is 30.8. The van der Waals surface area contributed by atoms with Gasteiger partial charge >= 0.3 is 0 Å². The van der Waals surface area contributed by atoms with Crippen LogP contribution in [0, 0.1) is 46.3 Å². The number of aromatic amines is 2. The molecule has 6 saturated carbocycles. The Morgan fingerprint density at radius 1 is 0.860 bits per heavy atom. The van der Waals surface area contributed by atoms with Gasteiger partial charge in [0.25, 0.3) is 11.1 Å². The number of fused-ring (bicyclic) bond motifs is 6. The number of hydrogen-bond acceptors (Lipinski definition) is 7. The molecule has 5 N–H and O–H groups in total. The van der Waals surface area contributed by atoms with Crippen LogP contribution in [0.5, 0.6) is 0 Å². The van der Waals surface area contributed by atoms with E-state index in [-0.39, 0.29) is 5.91 Å². The molecule has 10 rings (SSSR count). The van der Waals surface area contributed by atoms with Crippen LogP contribution in [0.15, 0.2) is 23.2 Å². The normalized spacial score (nSPS) is 32.8. The van der Waals surface area contributed by atoms with E-state index < -0.39 is 5.24 Å². The van der Waals surface area contributed by atoms with Crippen LogP contribution in [0.2, 0.25) is 0 Å². The molecule has 6 aliphatic rings. The Morgan fingerprint density at radius 3 is 1.84 bits per heavy atom. The Balaban J connectivity index is 0.000000126. The summed E-state index contributed by atoms with van der Waals surface area (Å²) in [4.78, 5) is 37.1. The predicted octanol–water partition coefficient (Wildman–Crippen LogP) is 7.44. The largest absolute Gasteiger partial charge is 0.348 e. The first-order chi connectivity index (χ1) is 20.3. The highest BCUT2D eigenvalue weighted by molar-refractivity contribution is 7.17. The summed E-state index contributed by atoms with van der Waals surface area (Å²) in [5.41, 5.74) is 13.2. The molecule has 0 unspecified atom stereocenters. The fourth-order valence-electron chi connectivity index (χ4n) is 8.50. The van der Waals surface area contributed by atoms with E-state index in [2.05, 4.69) is 66.8 Å². The number of hydrogen-bond donors (Lipinski definition) is 4. The maximum atomic E-state index is 12.4. The van der Waals surface area contributed by atoms with Crippen molar-refractivity contribution in [2.24, 2.45) is 52.1 Å². The van der Waals surface area contributed by atoms with Crippen LogP contribution >= 0.6 is 34.3 Å². The van der Waals surface area contributed by atoms with Gasteiger partial charge in [-0.25, -0.2) is 9.97 Å². The van der Waals surface area contributed by atoms with Gasteiger partial charge in [0.05, 0.1) is 20.4 Å². The number of amides is 1. The molecule has 4 heterocycles. The minimum absolute atomic E-state index is 0.0103. The first kappa shape index (κ1) is 30.7. The molecular weight excluding hydrogens is 600 g/mol. The van der Waals surface area contributed by atoms with Crippen LogP contribution in [0.3, 0.4) is 0 Å². The van der Waals surface area contributed by atoms with Gasteiger partial charge in [0, 0.05) is 12.1 Å². The van der Waals surface area contributed by atoms with E-state index in [1.807, 2.05) is 6.07 Å². The average Bonchev–Trinajstić information content (AvgIpc) is 3.73. The molecule has 8 atom stereocenters. The monoisotopic (exact) mass is 642 g/mol. The maximum absolute atomic E-state index is 12.4. The number of carbonyl (C=O) groups excluding carboxylic acids is 2. The SMILES string of the molecule is C[C@@H]1[C@@H](N)C[C@H]2C[C@@H]1C2(C)C.C[C@@H]1[C@@H](NC(=O)c2cc3scnc3[nH]2)C[C@H]2C[C@@H]1C2(C)C.O=C(Cl)c1cc2scnc2[nH]1. The molecule has 6 aliphatic carbocycles. The van der Waals surface area contributed by atoms with Gasteiger partial charge in [-0.3, -0.25) is 9.59 Å². The standard InChI is InChI=1S/C16H21N3OS.C10H19N.C6H3ClN2OS/c1-8-10-4-9(16(10,2)3)5-11(8)19-15(20)12-6-13-14(18-12)17-7-21-13;1-6-8-4-7(5-9(6)11)10(8,2)3;7-5(10)3-1-4-6(9-3)8-2-11-4/h6-11,18H,4-5H2,1-3H3,(H,19,20);6-9H,4-5,11H2,1-3H3;1-2,9H/t8-,9+,10-,11-;6-,7+,8-,9-;/m00./s1. The molecule has 43 heavy (non-hydrogen) atoms. The summed E-state index contributed by atoms with van der Waals surface area (Å²) in [5, 5.41) is 2.76. The van der Waals surface area contributed by atoms with Crippen molar-refractivity contribution in [2.75, 3.05) is 0 Å². The molecule has 0 spiro atoms. The molecule has 232 valence electrons. The number of H-pyrrole nitrogens is 2. The Bertz CT molecular complexity index is 1580. The smallest absolute Gasteiger partial charge is 0.268 e. The summed E-state index contributed by atoms with van der Waals surface area (Å²) in [6.07, 6.45) is 5.17. The number of rotatable bonds is 3. The zero-order valence-corrected chi connectivity index (χ0v) is 28.1. The van der Waals surface area contributed by atoms with E-state index in [4.69, 9.17) is 17.3 Å². The van der Waals surface area contributed by atoms with E-state index in [1.54, 1.807) is 28.4 Å². The number of thiazole rings is 2. The molecule has 0 aromatic carbocycles. The fourth-order valence-corrected chi connectivity index (χ4v) is 9.94. The molecule has 0 aliphatic heterocycles. The molecule has 6 fully saturated rings. The lowest BCUT2D eigenvalue weighted by atomic mass is 9.45. The quantitative estimate of drug-likeness (QED) is 0.173. The molecular formula is C32H43ClN6O2S2. The van der Waals surface area contributed by atoms with E-state index in [0.717, 1.165) is 56.7 Å². The van der Waals surface area contributed by atoms with Crippen molar-refractivity contribution in [3.63, 3.8) is 0 Å². The van der Waals surface area contributed by atoms with Crippen molar-refractivity contribution in [2.45, 2.75) is 79.3 Å². The number of nitrogens with one attached hydrogen (secondary N) is 3. The third-order valence-corrected chi connectivity index (χ3v) is 13.5. The Kier molecular flexibility index (Phi) is 8.06.